The number of benzene rings is 1. The summed E-state index contributed by atoms with van der Waals surface area (Å²) in [5, 5.41) is 3.33. The van der Waals surface area contributed by atoms with Crippen LogP contribution in [0.3, 0.4) is 0 Å². The Balaban J connectivity index is 1.51. The van der Waals surface area contributed by atoms with Crippen LogP contribution in [0.15, 0.2) is 30.6 Å². The van der Waals surface area contributed by atoms with Crippen molar-refractivity contribution < 1.29 is 9.47 Å². The van der Waals surface area contributed by atoms with Crippen LogP contribution in [0.1, 0.15) is 19.8 Å². The second-order valence-corrected chi connectivity index (χ2v) is 6.44. The molecule has 3 heterocycles. The maximum Gasteiger partial charge on any atom is 0.163 e. The third-order valence-corrected chi connectivity index (χ3v) is 4.45. The Morgan fingerprint density at radius 3 is 2.88 bits per heavy atom. The quantitative estimate of drug-likeness (QED) is 0.934. The molecule has 1 unspecified atom stereocenters. The number of hydrogen-bond donors (Lipinski definition) is 1. The zero-order chi connectivity index (χ0) is 16.4. The number of hydrogen-bond acceptors (Lipinski definition) is 6. The Kier molecular flexibility index (Phi) is 4.11. The van der Waals surface area contributed by atoms with Gasteiger partial charge in [0.25, 0.3) is 0 Å². The second kappa shape index (κ2) is 6.55. The molecule has 126 valence electrons. The maximum absolute atomic E-state index is 5.63. The van der Waals surface area contributed by atoms with Crippen LogP contribution in [0.5, 0.6) is 11.5 Å². The van der Waals surface area contributed by atoms with Crippen LogP contribution in [0, 0.1) is 5.92 Å². The molecule has 1 atom stereocenters. The van der Waals surface area contributed by atoms with Gasteiger partial charge in [0, 0.05) is 30.9 Å². The molecule has 2 aliphatic rings. The molecule has 6 heteroatoms. The summed E-state index contributed by atoms with van der Waals surface area (Å²) in [5.74, 6) is 4.04. The smallest absolute Gasteiger partial charge is 0.163 e. The normalized spacial score (nSPS) is 19.9. The van der Waals surface area contributed by atoms with Gasteiger partial charge in [0.05, 0.1) is 0 Å². The molecule has 1 fully saturated rings. The van der Waals surface area contributed by atoms with E-state index in [9.17, 15) is 0 Å². The van der Waals surface area contributed by atoms with E-state index in [1.807, 2.05) is 24.3 Å². The molecule has 1 saturated heterocycles. The van der Waals surface area contributed by atoms with Crippen LogP contribution in [0.25, 0.3) is 0 Å². The van der Waals surface area contributed by atoms with Crippen molar-refractivity contribution in [2.24, 2.45) is 5.92 Å². The van der Waals surface area contributed by atoms with Gasteiger partial charge < -0.3 is 19.7 Å². The topological polar surface area (TPSA) is 59.5 Å². The van der Waals surface area contributed by atoms with Gasteiger partial charge in [-0.1, -0.05) is 6.92 Å². The van der Waals surface area contributed by atoms with Crippen LogP contribution in [-0.4, -0.2) is 36.3 Å². The third-order valence-electron chi connectivity index (χ3n) is 4.45. The van der Waals surface area contributed by atoms with E-state index in [4.69, 9.17) is 9.47 Å². The number of fused-ring (bicyclic) bond motifs is 1. The van der Waals surface area contributed by atoms with Crippen LogP contribution < -0.4 is 19.7 Å². The summed E-state index contributed by atoms with van der Waals surface area (Å²) in [6.45, 7) is 5.59. The molecule has 0 bridgehead atoms. The molecule has 1 aromatic heterocycles. The molecule has 24 heavy (non-hydrogen) atoms. The summed E-state index contributed by atoms with van der Waals surface area (Å²) in [6.07, 6.45) is 4.13. The van der Waals surface area contributed by atoms with Crippen molar-refractivity contribution in [3.05, 3.63) is 30.6 Å². The van der Waals surface area contributed by atoms with E-state index in [1.54, 1.807) is 6.33 Å². The zero-order valence-electron chi connectivity index (χ0n) is 13.9. The van der Waals surface area contributed by atoms with Crippen LogP contribution >= 0.6 is 0 Å². The maximum atomic E-state index is 5.63. The summed E-state index contributed by atoms with van der Waals surface area (Å²) < 4.78 is 11.2. The minimum atomic E-state index is 0.585. The van der Waals surface area contributed by atoms with E-state index in [0.29, 0.717) is 19.1 Å². The number of ether oxygens (including phenoxy) is 2. The van der Waals surface area contributed by atoms with Crippen LogP contribution in [0.4, 0.5) is 17.3 Å². The highest BCUT2D eigenvalue weighted by Crippen LogP contribution is 2.33. The predicted octanol–water partition coefficient (Wildman–Crippen LogP) is 3.23. The molecule has 0 saturated carbocycles. The number of nitrogens with one attached hydrogen (secondary N) is 1. The summed E-state index contributed by atoms with van der Waals surface area (Å²) in [5.41, 5.74) is 0.927. The summed E-state index contributed by atoms with van der Waals surface area (Å²) >= 11 is 0. The molecule has 6 nitrogen and oxygen atoms in total. The standard InChI is InChI=1S/C18H22N4O2/c1-13-3-2-6-22(11-13)18-10-17(19-12-20-18)21-14-4-5-15-16(9-14)24-8-7-23-15/h4-5,9-10,12-13H,2-3,6-8,11H2,1H3,(H,19,20,21). The monoisotopic (exact) mass is 326 g/mol. The number of rotatable bonds is 3. The lowest BCUT2D eigenvalue weighted by molar-refractivity contribution is 0.171. The van der Waals surface area contributed by atoms with Crippen molar-refractivity contribution >= 4 is 17.3 Å². The molecule has 1 aromatic carbocycles. The first-order chi connectivity index (χ1) is 11.8. The Labute approximate surface area is 141 Å². The molecule has 1 N–H and O–H groups in total. The van der Waals surface area contributed by atoms with Crippen molar-refractivity contribution in [3.8, 4) is 11.5 Å². The second-order valence-electron chi connectivity index (χ2n) is 6.44. The summed E-state index contributed by atoms with van der Waals surface area (Å²) in [6, 6.07) is 7.84. The van der Waals surface area contributed by atoms with Gasteiger partial charge in [0.2, 0.25) is 0 Å². The Morgan fingerprint density at radius 1 is 1.12 bits per heavy atom. The SMILES string of the molecule is CC1CCCN(c2cc(Nc3ccc4c(c3)OCCO4)ncn2)C1. The fourth-order valence-corrected chi connectivity index (χ4v) is 3.25. The van der Waals surface area contributed by atoms with Gasteiger partial charge in [-0.25, -0.2) is 9.97 Å². The van der Waals surface area contributed by atoms with Gasteiger partial charge >= 0.3 is 0 Å². The molecule has 0 aliphatic carbocycles. The first kappa shape index (κ1) is 15.1. The van der Waals surface area contributed by atoms with Gasteiger partial charge in [0.15, 0.2) is 11.5 Å². The molecule has 2 aliphatic heterocycles. The first-order valence-electron chi connectivity index (χ1n) is 8.51. The minimum Gasteiger partial charge on any atom is -0.486 e. The average molecular weight is 326 g/mol. The van der Waals surface area contributed by atoms with Crippen molar-refractivity contribution in [1.82, 2.24) is 9.97 Å². The Hall–Kier alpha value is -2.50. The van der Waals surface area contributed by atoms with Crippen LogP contribution in [0.2, 0.25) is 0 Å². The Bertz CT molecular complexity index is 722. The van der Waals surface area contributed by atoms with E-state index < -0.39 is 0 Å². The van der Waals surface area contributed by atoms with E-state index >= 15 is 0 Å². The lowest BCUT2D eigenvalue weighted by atomic mass is 10.0. The number of nitrogens with zero attached hydrogens (tertiary/aromatic N) is 3. The zero-order valence-corrected chi connectivity index (χ0v) is 13.9. The van der Waals surface area contributed by atoms with Crippen molar-refractivity contribution in [2.75, 3.05) is 36.5 Å². The van der Waals surface area contributed by atoms with Gasteiger partial charge in [-0.3, -0.25) is 0 Å². The van der Waals surface area contributed by atoms with Gasteiger partial charge in [-0.2, -0.15) is 0 Å². The van der Waals surface area contributed by atoms with Crippen molar-refractivity contribution in [1.29, 1.82) is 0 Å². The number of aromatic nitrogens is 2. The van der Waals surface area contributed by atoms with E-state index in [2.05, 4.69) is 27.1 Å². The minimum absolute atomic E-state index is 0.585. The number of piperidine rings is 1. The lowest BCUT2D eigenvalue weighted by Crippen LogP contribution is -2.34. The fraction of sp³-hybridized carbons (Fsp3) is 0.444. The van der Waals surface area contributed by atoms with Gasteiger partial charge in [-0.05, 0) is 30.9 Å². The highest BCUT2D eigenvalue weighted by Gasteiger charge is 2.18. The van der Waals surface area contributed by atoms with Crippen molar-refractivity contribution in [2.45, 2.75) is 19.8 Å². The molecule has 0 radical (unpaired) electrons. The first-order valence-corrected chi connectivity index (χ1v) is 8.51. The highest BCUT2D eigenvalue weighted by molar-refractivity contribution is 5.63. The molecule has 2 aromatic rings. The molecule has 0 amide bonds. The summed E-state index contributed by atoms with van der Waals surface area (Å²) in [4.78, 5) is 11.1. The molecule has 0 spiro atoms. The highest BCUT2D eigenvalue weighted by atomic mass is 16.6. The van der Waals surface area contributed by atoms with Gasteiger partial charge in [0.1, 0.15) is 31.2 Å². The van der Waals surface area contributed by atoms with E-state index in [-0.39, 0.29) is 0 Å². The van der Waals surface area contributed by atoms with Crippen molar-refractivity contribution in [3.63, 3.8) is 0 Å². The lowest BCUT2D eigenvalue weighted by Gasteiger charge is -2.31. The molecule has 4 rings (SSSR count). The third kappa shape index (κ3) is 3.22. The van der Waals surface area contributed by atoms with E-state index in [0.717, 1.165) is 41.9 Å². The Morgan fingerprint density at radius 2 is 2.00 bits per heavy atom. The van der Waals surface area contributed by atoms with Crippen LogP contribution in [-0.2, 0) is 0 Å². The number of anilines is 3. The van der Waals surface area contributed by atoms with Gasteiger partial charge in [-0.15, -0.1) is 0 Å². The average Bonchev–Trinajstić information content (AvgIpc) is 2.62. The molecular formula is C18H22N4O2. The fourth-order valence-electron chi connectivity index (χ4n) is 3.25. The molecular weight excluding hydrogens is 304 g/mol. The predicted molar refractivity (Wildman–Crippen MR) is 93.4 cm³/mol. The van der Waals surface area contributed by atoms with E-state index in [1.165, 1.54) is 12.8 Å². The largest absolute Gasteiger partial charge is 0.486 e. The summed E-state index contributed by atoms with van der Waals surface area (Å²) in [7, 11) is 0.